The Labute approximate surface area is 158 Å². The Bertz CT molecular complexity index is 899. The van der Waals surface area contributed by atoms with Crippen LogP contribution in [0, 0.1) is 6.92 Å². The molecule has 7 nitrogen and oxygen atoms in total. The van der Waals surface area contributed by atoms with Crippen LogP contribution in [0.3, 0.4) is 0 Å². The predicted octanol–water partition coefficient (Wildman–Crippen LogP) is 2.28. The number of hydrogen-bond donors (Lipinski definition) is 3. The zero-order valence-electron chi connectivity index (χ0n) is 15.3. The molecule has 0 fully saturated rings. The van der Waals surface area contributed by atoms with Gasteiger partial charge in [0.1, 0.15) is 5.69 Å². The molecule has 2 aromatic rings. The molecule has 0 aliphatic carbocycles. The third-order valence-corrected chi connectivity index (χ3v) is 6.13. The van der Waals surface area contributed by atoms with Crippen LogP contribution in [0.1, 0.15) is 41.8 Å². The molecule has 1 aromatic carbocycles. The van der Waals surface area contributed by atoms with Crippen molar-refractivity contribution in [1.29, 1.82) is 0 Å². The Morgan fingerprint density at radius 1 is 1.31 bits per heavy atom. The van der Waals surface area contributed by atoms with E-state index >= 15 is 0 Å². The van der Waals surface area contributed by atoms with Crippen LogP contribution in [-0.2, 0) is 16.4 Å². The minimum atomic E-state index is -3.70. The van der Waals surface area contributed by atoms with Crippen molar-refractivity contribution in [3.8, 4) is 0 Å². The molecule has 26 heavy (non-hydrogen) atoms. The first kappa shape index (κ1) is 20.5. The number of anilines is 1. The first-order chi connectivity index (χ1) is 12.0. The lowest BCUT2D eigenvalue weighted by atomic mass is 10.1. The zero-order valence-corrected chi connectivity index (χ0v) is 16.9. The number of nitrogens with one attached hydrogen (secondary N) is 2. The molecular formula is C17H24N4O3S2. The van der Waals surface area contributed by atoms with Crippen LogP contribution in [0.4, 0.5) is 5.69 Å². The summed E-state index contributed by atoms with van der Waals surface area (Å²) in [5.74, 6) is -0.388. The third-order valence-electron chi connectivity index (χ3n) is 3.32. The van der Waals surface area contributed by atoms with Gasteiger partial charge in [-0.1, -0.05) is 6.07 Å². The number of carbonyl (C=O) groups excluding carboxylic acids is 1. The molecular weight excluding hydrogens is 372 g/mol. The average Bonchev–Trinajstić information content (AvgIpc) is 2.96. The Morgan fingerprint density at radius 2 is 2.00 bits per heavy atom. The molecule has 1 amide bonds. The number of benzene rings is 1. The highest BCUT2D eigenvalue weighted by Gasteiger charge is 2.24. The van der Waals surface area contributed by atoms with Crippen molar-refractivity contribution in [1.82, 2.24) is 9.71 Å². The van der Waals surface area contributed by atoms with E-state index in [4.69, 9.17) is 5.73 Å². The molecule has 0 saturated heterocycles. The second-order valence-electron chi connectivity index (χ2n) is 6.96. The number of thiazole rings is 1. The van der Waals surface area contributed by atoms with Gasteiger partial charge in [-0.3, -0.25) is 4.79 Å². The molecule has 0 spiro atoms. The van der Waals surface area contributed by atoms with Gasteiger partial charge in [0.15, 0.2) is 0 Å². The minimum Gasteiger partial charge on any atom is -0.330 e. The summed E-state index contributed by atoms with van der Waals surface area (Å²) in [7, 11) is -3.70. The SMILES string of the molecule is Cc1ccc(NC(=O)c2csc(CCN)n2)cc1S(=O)(=O)NC(C)(C)C. The fourth-order valence-corrected chi connectivity index (χ4v) is 4.76. The summed E-state index contributed by atoms with van der Waals surface area (Å²) in [6, 6.07) is 4.78. The number of rotatable bonds is 6. The van der Waals surface area contributed by atoms with Gasteiger partial charge in [0.05, 0.1) is 9.90 Å². The van der Waals surface area contributed by atoms with Crippen LogP contribution in [0.15, 0.2) is 28.5 Å². The number of nitrogens with zero attached hydrogens (tertiary/aromatic N) is 1. The summed E-state index contributed by atoms with van der Waals surface area (Å²) in [5.41, 5.74) is 6.16. The van der Waals surface area contributed by atoms with Crippen LogP contribution >= 0.6 is 11.3 Å². The lowest BCUT2D eigenvalue weighted by molar-refractivity contribution is 0.102. The van der Waals surface area contributed by atoms with E-state index in [9.17, 15) is 13.2 Å². The summed E-state index contributed by atoms with van der Waals surface area (Å²) in [6.45, 7) is 7.49. The highest BCUT2D eigenvalue weighted by molar-refractivity contribution is 7.89. The van der Waals surface area contributed by atoms with E-state index in [1.807, 2.05) is 0 Å². The Kier molecular flexibility index (Phi) is 6.17. The van der Waals surface area contributed by atoms with E-state index in [0.717, 1.165) is 5.01 Å². The first-order valence-corrected chi connectivity index (χ1v) is 10.5. The molecule has 0 radical (unpaired) electrons. The van der Waals surface area contributed by atoms with Gasteiger partial charge in [-0.15, -0.1) is 11.3 Å². The maximum Gasteiger partial charge on any atom is 0.275 e. The highest BCUT2D eigenvalue weighted by Crippen LogP contribution is 2.22. The summed E-state index contributed by atoms with van der Waals surface area (Å²) in [4.78, 5) is 16.7. The first-order valence-electron chi connectivity index (χ1n) is 8.12. The third kappa shape index (κ3) is 5.34. The predicted molar refractivity (Wildman–Crippen MR) is 104 cm³/mol. The van der Waals surface area contributed by atoms with Crippen LogP contribution in [0.2, 0.25) is 0 Å². The number of hydrogen-bond acceptors (Lipinski definition) is 6. The maximum atomic E-state index is 12.6. The minimum absolute atomic E-state index is 0.132. The van der Waals surface area contributed by atoms with Crippen molar-refractivity contribution in [2.45, 2.75) is 44.6 Å². The van der Waals surface area contributed by atoms with Gasteiger partial charge in [-0.05, 0) is 51.9 Å². The molecule has 0 bridgehead atoms. The van der Waals surface area contributed by atoms with Gasteiger partial charge >= 0.3 is 0 Å². The molecule has 142 valence electrons. The van der Waals surface area contributed by atoms with Gasteiger partial charge < -0.3 is 11.1 Å². The summed E-state index contributed by atoms with van der Waals surface area (Å²) in [5, 5.41) is 5.15. The van der Waals surface area contributed by atoms with Crippen molar-refractivity contribution in [2.75, 3.05) is 11.9 Å². The van der Waals surface area contributed by atoms with Gasteiger partial charge in [-0.2, -0.15) is 0 Å². The lowest BCUT2D eigenvalue weighted by Gasteiger charge is -2.21. The van der Waals surface area contributed by atoms with Crippen molar-refractivity contribution in [3.05, 3.63) is 39.8 Å². The summed E-state index contributed by atoms with van der Waals surface area (Å²) >= 11 is 1.37. The lowest BCUT2D eigenvalue weighted by Crippen LogP contribution is -2.40. The fraction of sp³-hybridized carbons (Fsp3) is 0.412. The van der Waals surface area contributed by atoms with E-state index in [1.165, 1.54) is 17.4 Å². The van der Waals surface area contributed by atoms with E-state index in [-0.39, 0.29) is 16.5 Å². The second-order valence-corrected chi connectivity index (χ2v) is 9.55. The van der Waals surface area contributed by atoms with Gasteiger partial charge in [0.25, 0.3) is 5.91 Å². The Hall–Kier alpha value is -1.81. The quantitative estimate of drug-likeness (QED) is 0.693. The van der Waals surface area contributed by atoms with Crippen molar-refractivity contribution in [2.24, 2.45) is 5.73 Å². The zero-order chi connectivity index (χ0) is 19.5. The molecule has 9 heteroatoms. The van der Waals surface area contributed by atoms with Crippen LogP contribution in [0.25, 0.3) is 0 Å². The topological polar surface area (TPSA) is 114 Å². The number of sulfonamides is 1. The molecule has 1 aromatic heterocycles. The number of aryl methyl sites for hydroxylation is 1. The summed E-state index contributed by atoms with van der Waals surface area (Å²) < 4.78 is 27.8. The fourth-order valence-electron chi connectivity index (χ4n) is 2.27. The number of amides is 1. The van der Waals surface area contributed by atoms with Crippen molar-refractivity contribution < 1.29 is 13.2 Å². The Balaban J connectivity index is 2.24. The van der Waals surface area contributed by atoms with Gasteiger partial charge in [-0.25, -0.2) is 18.1 Å². The van der Waals surface area contributed by atoms with Crippen LogP contribution < -0.4 is 15.8 Å². The standard InChI is InChI=1S/C17H24N4O3S2/c1-11-5-6-12(9-14(11)26(23,24)21-17(2,3)4)19-16(22)13-10-25-15(20-13)7-8-18/h5-6,9-10,21H,7-8,18H2,1-4H3,(H,19,22). The van der Waals surface area contributed by atoms with Gasteiger partial charge in [0, 0.05) is 23.0 Å². The molecule has 0 atom stereocenters. The van der Waals surface area contributed by atoms with E-state index in [1.54, 1.807) is 45.2 Å². The van der Waals surface area contributed by atoms with E-state index in [0.29, 0.717) is 24.2 Å². The van der Waals surface area contributed by atoms with E-state index < -0.39 is 15.6 Å². The molecule has 0 aliphatic rings. The number of carbonyl (C=O) groups is 1. The average molecular weight is 397 g/mol. The molecule has 2 rings (SSSR count). The second kappa shape index (κ2) is 7.83. The van der Waals surface area contributed by atoms with Gasteiger partial charge in [0.2, 0.25) is 10.0 Å². The maximum absolute atomic E-state index is 12.6. The number of nitrogens with two attached hydrogens (primary N) is 1. The van der Waals surface area contributed by atoms with E-state index in [2.05, 4.69) is 15.0 Å². The molecule has 0 saturated carbocycles. The number of aromatic nitrogens is 1. The van der Waals surface area contributed by atoms with Crippen LogP contribution in [-0.4, -0.2) is 31.4 Å². The highest BCUT2D eigenvalue weighted by atomic mass is 32.2. The smallest absolute Gasteiger partial charge is 0.275 e. The molecule has 1 heterocycles. The van der Waals surface area contributed by atoms with Crippen molar-refractivity contribution >= 4 is 33.0 Å². The largest absolute Gasteiger partial charge is 0.330 e. The molecule has 0 aliphatic heterocycles. The Morgan fingerprint density at radius 3 is 2.62 bits per heavy atom. The molecule has 4 N–H and O–H groups in total. The van der Waals surface area contributed by atoms with Crippen LogP contribution in [0.5, 0.6) is 0 Å². The normalized spacial score (nSPS) is 12.2. The van der Waals surface area contributed by atoms with Crippen molar-refractivity contribution in [3.63, 3.8) is 0 Å². The monoisotopic (exact) mass is 396 g/mol. The molecule has 0 unspecified atom stereocenters. The summed E-state index contributed by atoms with van der Waals surface area (Å²) in [6.07, 6.45) is 0.614.